The van der Waals surface area contributed by atoms with Crippen LogP contribution in [0.1, 0.15) is 36.3 Å². The van der Waals surface area contributed by atoms with Crippen molar-refractivity contribution < 1.29 is 0 Å². The van der Waals surface area contributed by atoms with Crippen LogP contribution in [0.15, 0.2) is 25.0 Å². The van der Waals surface area contributed by atoms with Crippen LogP contribution >= 0.6 is 0 Å². The third-order valence-electron chi connectivity index (χ3n) is 2.59. The Morgan fingerprint density at radius 3 is 2.83 bits per heavy atom. The molecule has 1 heterocycles. The maximum Gasteiger partial charge on any atom is 0.0340 e. The molecule has 1 nitrogen and oxygen atoms in total. The van der Waals surface area contributed by atoms with Crippen molar-refractivity contribution in [2.45, 2.75) is 25.2 Å². The average molecular weight is 159 g/mol. The Bertz CT molecular complexity index is 287. The first kappa shape index (κ1) is 7.53. The van der Waals surface area contributed by atoms with Gasteiger partial charge in [-0.25, -0.2) is 0 Å². The van der Waals surface area contributed by atoms with Crippen LogP contribution in [-0.4, -0.2) is 4.98 Å². The molecule has 1 heteroatoms. The van der Waals surface area contributed by atoms with Crippen LogP contribution in [-0.2, 0) is 0 Å². The molecule has 0 bridgehead atoms. The number of hydrogen-bond acceptors (Lipinski definition) is 1. The largest absolute Gasteiger partial charge is 0.264 e. The summed E-state index contributed by atoms with van der Waals surface area (Å²) in [6.45, 7) is 3.74. The Morgan fingerprint density at radius 1 is 1.42 bits per heavy atom. The van der Waals surface area contributed by atoms with E-state index in [1.807, 2.05) is 18.5 Å². The van der Waals surface area contributed by atoms with Crippen LogP contribution < -0.4 is 0 Å². The molecular weight excluding hydrogens is 146 g/mol. The Kier molecular flexibility index (Phi) is 1.94. The van der Waals surface area contributed by atoms with Gasteiger partial charge in [0, 0.05) is 12.4 Å². The molecule has 0 saturated heterocycles. The van der Waals surface area contributed by atoms with Crippen LogP contribution in [0.25, 0.3) is 6.08 Å². The first-order chi connectivity index (χ1) is 5.90. The fourth-order valence-corrected chi connectivity index (χ4v) is 1.55. The van der Waals surface area contributed by atoms with Gasteiger partial charge in [0.25, 0.3) is 0 Å². The third-order valence-corrected chi connectivity index (χ3v) is 2.59. The van der Waals surface area contributed by atoms with Gasteiger partial charge in [-0.05, 0) is 36.0 Å². The minimum Gasteiger partial charge on any atom is -0.264 e. The molecule has 0 amide bonds. The lowest BCUT2D eigenvalue weighted by Crippen LogP contribution is -2.08. The highest BCUT2D eigenvalue weighted by Gasteiger charge is 2.19. The summed E-state index contributed by atoms with van der Waals surface area (Å²) in [7, 11) is 0. The second kappa shape index (κ2) is 3.10. The first-order valence-corrected chi connectivity index (χ1v) is 4.47. The predicted molar refractivity (Wildman–Crippen MR) is 50.9 cm³/mol. The zero-order valence-electron chi connectivity index (χ0n) is 7.16. The van der Waals surface area contributed by atoms with Crippen LogP contribution in [0, 0.1) is 0 Å². The summed E-state index contributed by atoms with van der Waals surface area (Å²) in [5, 5.41) is 0. The first-order valence-electron chi connectivity index (χ1n) is 4.47. The number of rotatable bonds is 2. The van der Waals surface area contributed by atoms with Crippen molar-refractivity contribution in [3.63, 3.8) is 0 Å². The Labute approximate surface area is 73.1 Å². The minimum absolute atomic E-state index is 0.775. The van der Waals surface area contributed by atoms with E-state index < -0.39 is 0 Å². The normalized spacial score (nSPS) is 17.0. The van der Waals surface area contributed by atoms with E-state index >= 15 is 0 Å². The van der Waals surface area contributed by atoms with E-state index in [2.05, 4.69) is 17.6 Å². The van der Waals surface area contributed by atoms with Gasteiger partial charge in [-0.3, -0.25) is 4.98 Å². The van der Waals surface area contributed by atoms with Gasteiger partial charge < -0.3 is 0 Å². The second-order valence-electron chi connectivity index (χ2n) is 3.38. The molecule has 2 rings (SSSR count). The summed E-state index contributed by atoms with van der Waals surface area (Å²) >= 11 is 0. The standard InChI is InChI=1S/C11H13N/c1-2-9-6-11(8-12-7-9)10-4-3-5-10/h2,6-8,10H,1,3-5H2. The molecule has 1 fully saturated rings. The summed E-state index contributed by atoms with van der Waals surface area (Å²) in [5.74, 6) is 0.775. The zero-order valence-corrected chi connectivity index (χ0v) is 7.16. The summed E-state index contributed by atoms with van der Waals surface area (Å²) in [4.78, 5) is 4.19. The van der Waals surface area contributed by atoms with Crippen LogP contribution in [0.3, 0.4) is 0 Å². The van der Waals surface area contributed by atoms with E-state index in [9.17, 15) is 0 Å². The Balaban J connectivity index is 2.25. The molecule has 0 N–H and O–H groups in total. The molecule has 62 valence electrons. The Hall–Kier alpha value is -1.11. The SMILES string of the molecule is C=Cc1cncc(C2CCC2)c1. The molecule has 1 aromatic rings. The van der Waals surface area contributed by atoms with Gasteiger partial charge in [-0.2, -0.15) is 0 Å². The summed E-state index contributed by atoms with van der Waals surface area (Å²) in [6.07, 6.45) is 9.74. The molecule has 0 aromatic carbocycles. The molecule has 12 heavy (non-hydrogen) atoms. The highest BCUT2D eigenvalue weighted by molar-refractivity contribution is 5.46. The molecule has 1 aliphatic carbocycles. The molecule has 0 atom stereocenters. The fourth-order valence-electron chi connectivity index (χ4n) is 1.55. The van der Waals surface area contributed by atoms with Crippen molar-refractivity contribution in [3.8, 4) is 0 Å². The van der Waals surface area contributed by atoms with Crippen LogP contribution in [0.4, 0.5) is 0 Å². The van der Waals surface area contributed by atoms with Crippen molar-refractivity contribution in [3.05, 3.63) is 36.2 Å². The molecule has 1 aromatic heterocycles. The lowest BCUT2D eigenvalue weighted by atomic mass is 9.80. The lowest BCUT2D eigenvalue weighted by Gasteiger charge is -2.25. The quantitative estimate of drug-likeness (QED) is 0.646. The molecule has 1 aliphatic rings. The van der Waals surface area contributed by atoms with Gasteiger partial charge in [0.05, 0.1) is 0 Å². The molecule has 0 spiro atoms. The van der Waals surface area contributed by atoms with E-state index in [1.54, 1.807) is 0 Å². The minimum atomic E-state index is 0.775. The van der Waals surface area contributed by atoms with Gasteiger partial charge in [-0.1, -0.05) is 19.1 Å². The highest BCUT2D eigenvalue weighted by Crippen LogP contribution is 2.36. The van der Waals surface area contributed by atoms with Crippen molar-refractivity contribution in [1.29, 1.82) is 0 Å². The number of hydrogen-bond donors (Lipinski definition) is 0. The zero-order chi connectivity index (χ0) is 8.39. The summed E-state index contributed by atoms with van der Waals surface area (Å²) in [6, 6.07) is 2.20. The average Bonchev–Trinajstić information content (AvgIpc) is 2.02. The van der Waals surface area contributed by atoms with Gasteiger partial charge in [0.1, 0.15) is 0 Å². The Morgan fingerprint density at radius 2 is 2.25 bits per heavy atom. The number of nitrogens with zero attached hydrogens (tertiary/aromatic N) is 1. The van der Waals surface area contributed by atoms with E-state index in [1.165, 1.54) is 24.8 Å². The lowest BCUT2D eigenvalue weighted by molar-refractivity contribution is 0.419. The van der Waals surface area contributed by atoms with Gasteiger partial charge in [0.2, 0.25) is 0 Å². The van der Waals surface area contributed by atoms with Crippen molar-refractivity contribution in [2.24, 2.45) is 0 Å². The van der Waals surface area contributed by atoms with Crippen LogP contribution in [0.2, 0.25) is 0 Å². The number of pyridine rings is 1. The molecule has 0 unspecified atom stereocenters. The molecule has 1 saturated carbocycles. The number of aromatic nitrogens is 1. The van der Waals surface area contributed by atoms with Gasteiger partial charge in [-0.15, -0.1) is 0 Å². The highest BCUT2D eigenvalue weighted by atomic mass is 14.6. The smallest absolute Gasteiger partial charge is 0.0340 e. The van der Waals surface area contributed by atoms with E-state index in [0.29, 0.717) is 0 Å². The maximum atomic E-state index is 4.19. The van der Waals surface area contributed by atoms with Crippen molar-refractivity contribution >= 4 is 6.08 Å². The topological polar surface area (TPSA) is 12.9 Å². The molecule has 0 radical (unpaired) electrons. The fraction of sp³-hybridized carbons (Fsp3) is 0.364. The van der Waals surface area contributed by atoms with Crippen LogP contribution in [0.5, 0.6) is 0 Å². The molecular formula is C11H13N. The monoisotopic (exact) mass is 159 g/mol. The van der Waals surface area contributed by atoms with E-state index in [4.69, 9.17) is 0 Å². The van der Waals surface area contributed by atoms with Crippen molar-refractivity contribution in [2.75, 3.05) is 0 Å². The van der Waals surface area contributed by atoms with Crippen molar-refractivity contribution in [1.82, 2.24) is 4.98 Å². The van der Waals surface area contributed by atoms with Gasteiger partial charge in [0.15, 0.2) is 0 Å². The third kappa shape index (κ3) is 1.27. The van der Waals surface area contributed by atoms with E-state index in [0.717, 1.165) is 11.5 Å². The van der Waals surface area contributed by atoms with Gasteiger partial charge >= 0.3 is 0 Å². The maximum absolute atomic E-state index is 4.19. The second-order valence-corrected chi connectivity index (χ2v) is 3.38. The van der Waals surface area contributed by atoms with E-state index in [-0.39, 0.29) is 0 Å². The summed E-state index contributed by atoms with van der Waals surface area (Å²) in [5.41, 5.74) is 2.53. The molecule has 0 aliphatic heterocycles. The predicted octanol–water partition coefficient (Wildman–Crippen LogP) is 2.99. The summed E-state index contributed by atoms with van der Waals surface area (Å²) < 4.78 is 0.